The van der Waals surface area contributed by atoms with Crippen molar-refractivity contribution < 1.29 is 18.1 Å². The molecule has 0 spiro atoms. The van der Waals surface area contributed by atoms with E-state index in [1.54, 1.807) is 0 Å². The SMILES string of the molecule is CN(Cc1ccccc1)S(=O)(=O)c1ccc(NC(=O)Cn2cnc([N+](=O)[O-])c2)cc1. The Labute approximate surface area is 173 Å². The molecule has 11 heteroatoms. The summed E-state index contributed by atoms with van der Waals surface area (Å²) in [6.07, 6.45) is 2.34. The Morgan fingerprint density at radius 1 is 1.17 bits per heavy atom. The molecule has 0 aliphatic rings. The fourth-order valence-corrected chi connectivity index (χ4v) is 3.87. The average Bonchev–Trinajstić information content (AvgIpc) is 3.18. The molecule has 1 aromatic heterocycles. The Morgan fingerprint density at radius 3 is 2.43 bits per heavy atom. The quantitative estimate of drug-likeness (QED) is 0.432. The van der Waals surface area contributed by atoms with Crippen molar-refractivity contribution in [2.24, 2.45) is 0 Å². The summed E-state index contributed by atoms with van der Waals surface area (Å²) >= 11 is 0. The first-order chi connectivity index (χ1) is 14.3. The molecule has 0 radical (unpaired) electrons. The Balaban J connectivity index is 1.63. The van der Waals surface area contributed by atoms with Gasteiger partial charge in [-0.05, 0) is 39.7 Å². The minimum Gasteiger partial charge on any atom is -0.358 e. The van der Waals surface area contributed by atoms with E-state index in [9.17, 15) is 23.3 Å². The fraction of sp³-hybridized carbons (Fsp3) is 0.158. The second-order valence-electron chi connectivity index (χ2n) is 6.48. The van der Waals surface area contributed by atoms with Gasteiger partial charge in [0.1, 0.15) is 12.7 Å². The number of hydrogen-bond donors (Lipinski definition) is 1. The van der Waals surface area contributed by atoms with Crippen molar-refractivity contribution in [3.8, 4) is 0 Å². The largest absolute Gasteiger partial charge is 0.381 e. The molecule has 1 heterocycles. The Bertz CT molecular complexity index is 1140. The van der Waals surface area contributed by atoms with Crippen molar-refractivity contribution in [2.45, 2.75) is 18.0 Å². The van der Waals surface area contributed by atoms with Crippen LogP contribution in [0.2, 0.25) is 0 Å². The van der Waals surface area contributed by atoms with E-state index < -0.39 is 20.9 Å². The van der Waals surface area contributed by atoms with E-state index in [1.807, 2.05) is 30.3 Å². The summed E-state index contributed by atoms with van der Waals surface area (Å²) in [6.45, 7) is 0.0689. The van der Waals surface area contributed by atoms with Crippen LogP contribution >= 0.6 is 0 Å². The lowest BCUT2D eigenvalue weighted by atomic mass is 10.2. The Morgan fingerprint density at radius 2 is 1.83 bits per heavy atom. The van der Waals surface area contributed by atoms with Gasteiger partial charge in [-0.25, -0.2) is 8.42 Å². The van der Waals surface area contributed by atoms with Crippen LogP contribution in [-0.4, -0.2) is 40.2 Å². The lowest BCUT2D eigenvalue weighted by molar-refractivity contribution is -0.389. The molecule has 3 aromatic rings. The molecule has 0 fully saturated rings. The molecule has 0 unspecified atom stereocenters. The molecule has 10 nitrogen and oxygen atoms in total. The minimum absolute atomic E-state index is 0.101. The molecular weight excluding hydrogens is 410 g/mol. The number of benzene rings is 2. The molecule has 0 atom stereocenters. The molecule has 0 saturated carbocycles. The number of nitrogens with zero attached hydrogens (tertiary/aromatic N) is 4. The predicted octanol–water partition coefficient (Wildman–Crippen LogP) is 2.25. The number of nitrogens with one attached hydrogen (secondary N) is 1. The van der Waals surface area contributed by atoms with Gasteiger partial charge in [-0.15, -0.1) is 0 Å². The van der Waals surface area contributed by atoms with Crippen molar-refractivity contribution in [3.63, 3.8) is 0 Å². The number of rotatable bonds is 8. The van der Waals surface area contributed by atoms with Gasteiger partial charge in [0.2, 0.25) is 22.3 Å². The first-order valence-electron chi connectivity index (χ1n) is 8.82. The van der Waals surface area contributed by atoms with Crippen LogP contribution in [-0.2, 0) is 27.9 Å². The molecule has 156 valence electrons. The summed E-state index contributed by atoms with van der Waals surface area (Å²) in [7, 11) is -2.19. The second kappa shape index (κ2) is 8.84. The van der Waals surface area contributed by atoms with E-state index in [0.29, 0.717) is 5.69 Å². The summed E-state index contributed by atoms with van der Waals surface area (Å²) in [4.78, 5) is 25.8. The minimum atomic E-state index is -3.69. The zero-order valence-electron chi connectivity index (χ0n) is 16.0. The van der Waals surface area contributed by atoms with Crippen LogP contribution in [0, 0.1) is 10.1 Å². The fourth-order valence-electron chi connectivity index (χ4n) is 2.71. The van der Waals surface area contributed by atoms with Gasteiger partial charge in [0.15, 0.2) is 0 Å². The van der Waals surface area contributed by atoms with Gasteiger partial charge < -0.3 is 20.0 Å². The van der Waals surface area contributed by atoms with Crippen LogP contribution in [0.15, 0.2) is 72.0 Å². The van der Waals surface area contributed by atoms with Gasteiger partial charge >= 0.3 is 5.82 Å². The van der Waals surface area contributed by atoms with Crippen molar-refractivity contribution in [1.82, 2.24) is 13.9 Å². The number of sulfonamides is 1. The van der Waals surface area contributed by atoms with Crippen molar-refractivity contribution >= 4 is 27.4 Å². The average molecular weight is 429 g/mol. The monoisotopic (exact) mass is 429 g/mol. The predicted molar refractivity (Wildman–Crippen MR) is 109 cm³/mol. The molecule has 2 aromatic carbocycles. The Hall–Kier alpha value is -3.57. The third kappa shape index (κ3) is 5.07. The number of amides is 1. The number of imidazole rings is 1. The van der Waals surface area contributed by atoms with Crippen molar-refractivity contribution in [2.75, 3.05) is 12.4 Å². The maximum Gasteiger partial charge on any atom is 0.381 e. The lowest BCUT2D eigenvalue weighted by Gasteiger charge is -2.17. The number of aromatic nitrogens is 2. The summed E-state index contributed by atoms with van der Waals surface area (Å²) in [5, 5.41) is 13.2. The van der Waals surface area contributed by atoms with E-state index in [4.69, 9.17) is 0 Å². The van der Waals surface area contributed by atoms with Crippen LogP contribution < -0.4 is 5.32 Å². The molecule has 0 saturated heterocycles. The van der Waals surface area contributed by atoms with Crippen LogP contribution in [0.25, 0.3) is 0 Å². The molecule has 30 heavy (non-hydrogen) atoms. The molecular formula is C19H19N5O5S. The van der Waals surface area contributed by atoms with E-state index >= 15 is 0 Å². The van der Waals surface area contributed by atoms with Gasteiger partial charge in [0.25, 0.3) is 0 Å². The van der Waals surface area contributed by atoms with E-state index in [0.717, 1.165) is 11.8 Å². The molecule has 1 N–H and O–H groups in total. The topological polar surface area (TPSA) is 127 Å². The normalized spacial score (nSPS) is 11.4. The summed E-state index contributed by atoms with van der Waals surface area (Å²) < 4.78 is 28.0. The number of carbonyl (C=O) groups excluding carboxylic acids is 1. The highest BCUT2D eigenvalue weighted by Gasteiger charge is 2.21. The van der Waals surface area contributed by atoms with Crippen LogP contribution in [0.1, 0.15) is 5.56 Å². The molecule has 0 aliphatic carbocycles. The maximum atomic E-state index is 12.7. The second-order valence-corrected chi connectivity index (χ2v) is 8.53. The molecule has 0 bridgehead atoms. The molecule has 3 rings (SSSR count). The van der Waals surface area contributed by atoms with Crippen LogP contribution in [0.4, 0.5) is 11.5 Å². The standard InChI is InChI=1S/C19H19N5O5S/c1-22(11-15-5-3-2-4-6-15)30(28,29)17-9-7-16(8-10-17)21-19(25)13-23-12-18(20-14-23)24(26)27/h2-10,12,14H,11,13H2,1H3,(H,21,25). The van der Waals surface area contributed by atoms with Gasteiger partial charge in [-0.2, -0.15) is 4.31 Å². The smallest absolute Gasteiger partial charge is 0.358 e. The number of hydrogen-bond acceptors (Lipinski definition) is 6. The highest BCUT2D eigenvalue weighted by molar-refractivity contribution is 7.89. The highest BCUT2D eigenvalue weighted by Crippen LogP contribution is 2.19. The van der Waals surface area contributed by atoms with Crippen molar-refractivity contribution in [1.29, 1.82) is 0 Å². The summed E-state index contributed by atoms with van der Waals surface area (Å²) in [5.74, 6) is -0.781. The third-order valence-corrected chi connectivity index (χ3v) is 6.04. The third-order valence-electron chi connectivity index (χ3n) is 4.23. The molecule has 0 aliphatic heterocycles. The van der Waals surface area contributed by atoms with E-state index in [-0.39, 0.29) is 23.8 Å². The van der Waals surface area contributed by atoms with Gasteiger partial charge in [0.05, 0.1) is 4.90 Å². The van der Waals surface area contributed by atoms with Gasteiger partial charge in [0, 0.05) is 19.3 Å². The number of nitro groups is 1. The first-order valence-corrected chi connectivity index (χ1v) is 10.3. The van der Waals surface area contributed by atoms with Crippen LogP contribution in [0.5, 0.6) is 0 Å². The lowest BCUT2D eigenvalue weighted by Crippen LogP contribution is -2.26. The summed E-state index contributed by atoms with van der Waals surface area (Å²) in [6, 6.07) is 15.0. The van der Waals surface area contributed by atoms with E-state index in [2.05, 4.69) is 10.3 Å². The number of carbonyl (C=O) groups is 1. The number of anilines is 1. The van der Waals surface area contributed by atoms with Crippen LogP contribution in [0.3, 0.4) is 0 Å². The van der Waals surface area contributed by atoms with Gasteiger partial charge in [-0.1, -0.05) is 30.3 Å². The van der Waals surface area contributed by atoms with E-state index in [1.165, 1.54) is 46.5 Å². The first kappa shape index (κ1) is 21.1. The Kier molecular flexibility index (Phi) is 6.23. The highest BCUT2D eigenvalue weighted by atomic mass is 32.2. The van der Waals surface area contributed by atoms with Crippen molar-refractivity contribution in [3.05, 3.63) is 82.8 Å². The van der Waals surface area contributed by atoms with Gasteiger partial charge in [-0.3, -0.25) is 4.79 Å². The maximum absolute atomic E-state index is 12.7. The zero-order chi connectivity index (χ0) is 21.7. The molecule has 1 amide bonds. The summed E-state index contributed by atoms with van der Waals surface area (Å²) in [5.41, 5.74) is 1.27. The zero-order valence-corrected chi connectivity index (χ0v) is 16.8.